The molecule has 5 rings (SSSR count). The molecule has 0 spiro atoms. The quantitative estimate of drug-likeness (QED) is 0.651. The minimum Gasteiger partial charge on any atom is -0.493 e. The van der Waals surface area contributed by atoms with Crippen molar-refractivity contribution in [2.75, 3.05) is 13.9 Å². The summed E-state index contributed by atoms with van der Waals surface area (Å²) in [5.74, 6) is 0.983. The number of thiophene rings is 1. The van der Waals surface area contributed by atoms with Gasteiger partial charge in [-0.15, -0.1) is 11.3 Å². The Morgan fingerprint density at radius 3 is 2.88 bits per heavy atom. The van der Waals surface area contributed by atoms with Crippen molar-refractivity contribution in [3.8, 4) is 29.1 Å². The van der Waals surface area contributed by atoms with E-state index in [1.165, 1.54) is 7.11 Å². The van der Waals surface area contributed by atoms with Gasteiger partial charge in [0, 0.05) is 16.6 Å². The summed E-state index contributed by atoms with van der Waals surface area (Å²) in [6, 6.07) is 11.3. The van der Waals surface area contributed by atoms with Crippen LogP contribution in [0.25, 0.3) is 0 Å². The Labute approximate surface area is 187 Å². The van der Waals surface area contributed by atoms with Crippen LogP contribution in [0.15, 0.2) is 52.0 Å². The maximum Gasteiger partial charge on any atom is 0.259 e. The third-order valence-electron chi connectivity index (χ3n) is 5.60. The van der Waals surface area contributed by atoms with Gasteiger partial charge >= 0.3 is 0 Å². The molecule has 2 aromatic heterocycles. The van der Waals surface area contributed by atoms with Crippen molar-refractivity contribution in [1.29, 1.82) is 5.26 Å². The average Bonchev–Trinajstić information content (AvgIpc) is 3.46. The summed E-state index contributed by atoms with van der Waals surface area (Å²) in [7, 11) is 1.52. The number of hydrogen-bond acceptors (Lipinski definition) is 8. The zero-order valence-electron chi connectivity index (χ0n) is 17.4. The van der Waals surface area contributed by atoms with Crippen molar-refractivity contribution in [3.05, 3.63) is 79.2 Å². The van der Waals surface area contributed by atoms with Gasteiger partial charge in [-0.25, -0.2) is 0 Å². The van der Waals surface area contributed by atoms with Gasteiger partial charge in [-0.2, -0.15) is 5.26 Å². The lowest BCUT2D eigenvalue weighted by Crippen LogP contribution is -2.32. The SMILES string of the molecule is COc1cc([C@@H]2C(C#N)=C(N)Oc3cc(C)n(Cc4cccs4)c(=O)c32)cc2c1OCO2. The molecular weight excluding hydrogens is 430 g/mol. The summed E-state index contributed by atoms with van der Waals surface area (Å²) in [5.41, 5.74) is 7.72. The van der Waals surface area contributed by atoms with Crippen LogP contribution in [0.1, 0.15) is 27.6 Å². The molecule has 0 unspecified atom stereocenters. The van der Waals surface area contributed by atoms with Gasteiger partial charge in [-0.05, 0) is 36.1 Å². The van der Waals surface area contributed by atoms with E-state index in [4.69, 9.17) is 24.7 Å². The zero-order valence-corrected chi connectivity index (χ0v) is 18.2. The maximum atomic E-state index is 13.7. The Morgan fingerprint density at radius 2 is 2.16 bits per heavy atom. The molecule has 162 valence electrons. The van der Waals surface area contributed by atoms with Gasteiger partial charge in [-0.1, -0.05) is 6.07 Å². The fourth-order valence-corrected chi connectivity index (χ4v) is 4.78. The number of methoxy groups -OCH3 is 1. The largest absolute Gasteiger partial charge is 0.493 e. The van der Waals surface area contributed by atoms with E-state index in [0.717, 1.165) is 10.6 Å². The molecule has 2 aliphatic heterocycles. The second-order valence-electron chi connectivity index (χ2n) is 7.42. The first kappa shape index (κ1) is 20.0. The van der Waals surface area contributed by atoms with Gasteiger partial charge < -0.3 is 29.2 Å². The summed E-state index contributed by atoms with van der Waals surface area (Å²) in [5, 5.41) is 11.9. The highest BCUT2D eigenvalue weighted by atomic mass is 32.1. The molecule has 9 heteroatoms. The number of ether oxygens (including phenoxy) is 4. The molecule has 1 atom stereocenters. The number of nitrogens with zero attached hydrogens (tertiary/aromatic N) is 2. The second-order valence-corrected chi connectivity index (χ2v) is 8.45. The highest BCUT2D eigenvalue weighted by Crippen LogP contribution is 2.47. The second kappa shape index (κ2) is 7.66. The first-order valence-electron chi connectivity index (χ1n) is 9.83. The fraction of sp³-hybridized carbons (Fsp3) is 0.217. The van der Waals surface area contributed by atoms with E-state index in [-0.39, 0.29) is 23.8 Å². The summed E-state index contributed by atoms with van der Waals surface area (Å²) in [4.78, 5) is 14.8. The normalized spacial score (nSPS) is 16.3. The number of rotatable bonds is 4. The van der Waals surface area contributed by atoms with Gasteiger partial charge in [0.2, 0.25) is 18.4 Å². The standard InChI is InChI=1S/C23H19N3O5S/c1-12-6-16-20(23(27)26(12)10-14-4-3-5-32-14)19(15(9-24)22(25)31-16)13-7-17(28-2)21-18(8-13)29-11-30-21/h3-8,19H,10-11,25H2,1-2H3/t19-/m1/s1. The number of nitrogens with two attached hydrogens (primary N) is 1. The number of aromatic nitrogens is 1. The number of pyridine rings is 1. The van der Waals surface area contributed by atoms with Crippen LogP contribution in [0.2, 0.25) is 0 Å². The third kappa shape index (κ3) is 3.08. The topological polar surface area (TPSA) is 109 Å². The van der Waals surface area contributed by atoms with Gasteiger partial charge in [0.25, 0.3) is 5.56 Å². The Kier molecular flexibility index (Phi) is 4.79. The van der Waals surface area contributed by atoms with Gasteiger partial charge in [-0.3, -0.25) is 4.79 Å². The first-order chi connectivity index (χ1) is 15.5. The molecule has 0 aliphatic carbocycles. The van der Waals surface area contributed by atoms with Crippen molar-refractivity contribution < 1.29 is 18.9 Å². The Bertz CT molecular complexity index is 1350. The smallest absolute Gasteiger partial charge is 0.259 e. The molecule has 0 fully saturated rings. The van der Waals surface area contributed by atoms with E-state index in [9.17, 15) is 10.1 Å². The molecule has 3 aromatic rings. The number of fused-ring (bicyclic) bond motifs is 2. The third-order valence-corrected chi connectivity index (χ3v) is 6.46. The maximum absolute atomic E-state index is 13.7. The van der Waals surface area contributed by atoms with E-state index < -0.39 is 5.92 Å². The van der Waals surface area contributed by atoms with Gasteiger partial charge in [0.05, 0.1) is 25.1 Å². The first-order valence-corrected chi connectivity index (χ1v) is 10.7. The molecule has 0 bridgehead atoms. The molecule has 32 heavy (non-hydrogen) atoms. The predicted molar refractivity (Wildman–Crippen MR) is 117 cm³/mol. The van der Waals surface area contributed by atoms with Crippen LogP contribution in [0.5, 0.6) is 23.0 Å². The van der Waals surface area contributed by atoms with Crippen LogP contribution in [-0.2, 0) is 6.54 Å². The molecule has 4 heterocycles. The number of nitriles is 1. The molecule has 0 saturated heterocycles. The van der Waals surface area contributed by atoms with Crippen molar-refractivity contribution in [2.45, 2.75) is 19.4 Å². The average molecular weight is 449 g/mol. The summed E-state index contributed by atoms with van der Waals surface area (Å²) >= 11 is 1.57. The van der Waals surface area contributed by atoms with E-state index in [0.29, 0.717) is 40.7 Å². The Morgan fingerprint density at radius 1 is 1.31 bits per heavy atom. The van der Waals surface area contributed by atoms with Crippen LogP contribution in [0.3, 0.4) is 0 Å². The highest BCUT2D eigenvalue weighted by molar-refractivity contribution is 7.09. The van der Waals surface area contributed by atoms with Crippen molar-refractivity contribution in [3.63, 3.8) is 0 Å². The number of benzene rings is 1. The zero-order chi connectivity index (χ0) is 22.4. The summed E-state index contributed by atoms with van der Waals surface area (Å²) in [6.45, 7) is 2.33. The summed E-state index contributed by atoms with van der Waals surface area (Å²) in [6.07, 6.45) is 0. The van der Waals surface area contributed by atoms with E-state index in [2.05, 4.69) is 6.07 Å². The van der Waals surface area contributed by atoms with Crippen LogP contribution in [0, 0.1) is 18.3 Å². The van der Waals surface area contributed by atoms with Crippen LogP contribution >= 0.6 is 11.3 Å². The lowest BCUT2D eigenvalue weighted by molar-refractivity contribution is 0.171. The molecular formula is C23H19N3O5S. The monoisotopic (exact) mass is 449 g/mol. The minimum absolute atomic E-state index is 0.0311. The number of allylic oxidation sites excluding steroid dienone is 1. The number of aryl methyl sites for hydroxylation is 1. The lowest BCUT2D eigenvalue weighted by atomic mass is 9.83. The van der Waals surface area contributed by atoms with Crippen molar-refractivity contribution in [1.82, 2.24) is 4.57 Å². The minimum atomic E-state index is -0.741. The van der Waals surface area contributed by atoms with E-state index in [1.54, 1.807) is 34.1 Å². The van der Waals surface area contributed by atoms with Crippen molar-refractivity contribution >= 4 is 11.3 Å². The van der Waals surface area contributed by atoms with Crippen LogP contribution < -0.4 is 30.2 Å². The van der Waals surface area contributed by atoms with E-state index >= 15 is 0 Å². The van der Waals surface area contributed by atoms with Gasteiger partial charge in [0.1, 0.15) is 17.4 Å². The number of hydrogen-bond donors (Lipinski definition) is 1. The Hall–Kier alpha value is -3.90. The molecule has 0 radical (unpaired) electrons. The molecule has 0 amide bonds. The molecule has 2 N–H and O–H groups in total. The van der Waals surface area contributed by atoms with Crippen LogP contribution in [0.4, 0.5) is 0 Å². The summed E-state index contributed by atoms with van der Waals surface area (Å²) < 4.78 is 23.9. The lowest BCUT2D eigenvalue weighted by Gasteiger charge is -2.27. The van der Waals surface area contributed by atoms with Crippen LogP contribution in [-0.4, -0.2) is 18.5 Å². The highest BCUT2D eigenvalue weighted by Gasteiger charge is 2.36. The predicted octanol–water partition coefficient (Wildman–Crippen LogP) is 3.22. The molecule has 8 nitrogen and oxygen atoms in total. The van der Waals surface area contributed by atoms with Crippen molar-refractivity contribution in [2.24, 2.45) is 5.73 Å². The fourth-order valence-electron chi connectivity index (χ4n) is 4.09. The van der Waals surface area contributed by atoms with E-state index in [1.807, 2.05) is 24.4 Å². The van der Waals surface area contributed by atoms with Gasteiger partial charge in [0.15, 0.2) is 11.5 Å². The molecule has 1 aromatic carbocycles. The Balaban J connectivity index is 1.74. The molecule has 0 saturated carbocycles. The molecule has 2 aliphatic rings.